The zero-order chi connectivity index (χ0) is 16.8. The molecule has 0 aromatic heterocycles. The molecule has 0 saturated carbocycles. The summed E-state index contributed by atoms with van der Waals surface area (Å²) in [5, 5.41) is 3.10. The van der Waals surface area contributed by atoms with Crippen LogP contribution in [0, 0.1) is 0 Å². The number of rotatable bonds is 6. The highest BCUT2D eigenvalue weighted by Gasteiger charge is 2.17. The van der Waals surface area contributed by atoms with Gasteiger partial charge in [-0.25, -0.2) is 0 Å². The van der Waals surface area contributed by atoms with E-state index >= 15 is 0 Å². The molecule has 0 spiro atoms. The molecule has 0 aliphatic heterocycles. The normalized spacial score (nSPS) is 12.0. The van der Waals surface area contributed by atoms with Crippen LogP contribution in [0.3, 0.4) is 0 Å². The zero-order valence-corrected chi connectivity index (χ0v) is 15.1. The fourth-order valence-corrected chi connectivity index (χ4v) is 2.87. The summed E-state index contributed by atoms with van der Waals surface area (Å²) in [4.78, 5) is 14.6. The molecule has 0 aliphatic carbocycles. The molecule has 2 aromatic carbocycles. The maximum Gasteiger partial charge on any atom is 0.251 e. The van der Waals surface area contributed by atoms with E-state index in [4.69, 9.17) is 4.74 Å². The van der Waals surface area contributed by atoms with Gasteiger partial charge in [0.15, 0.2) is 0 Å². The number of benzene rings is 2. The Kier molecular flexibility index (Phi) is 6.19. The molecule has 5 heteroatoms. The average molecular weight is 377 g/mol. The van der Waals surface area contributed by atoms with Crippen LogP contribution in [0.5, 0.6) is 5.75 Å². The number of amides is 1. The molecule has 122 valence electrons. The average Bonchev–Trinajstić information content (AvgIpc) is 2.54. The first kappa shape index (κ1) is 17.5. The van der Waals surface area contributed by atoms with Gasteiger partial charge in [0.05, 0.1) is 17.6 Å². The van der Waals surface area contributed by atoms with E-state index in [1.54, 1.807) is 25.3 Å². The van der Waals surface area contributed by atoms with E-state index < -0.39 is 0 Å². The molecule has 0 heterocycles. The number of halogens is 1. The van der Waals surface area contributed by atoms with Gasteiger partial charge in [-0.15, -0.1) is 0 Å². The van der Waals surface area contributed by atoms with Gasteiger partial charge in [0.2, 0.25) is 0 Å². The number of methoxy groups -OCH3 is 1. The third kappa shape index (κ3) is 4.81. The van der Waals surface area contributed by atoms with Gasteiger partial charge in [-0.05, 0) is 53.8 Å². The summed E-state index contributed by atoms with van der Waals surface area (Å²) in [7, 11) is 5.58. The highest BCUT2D eigenvalue weighted by atomic mass is 79.9. The Morgan fingerprint density at radius 3 is 2.48 bits per heavy atom. The van der Waals surface area contributed by atoms with E-state index in [-0.39, 0.29) is 11.9 Å². The van der Waals surface area contributed by atoms with Gasteiger partial charge in [-0.2, -0.15) is 0 Å². The van der Waals surface area contributed by atoms with Crippen molar-refractivity contribution in [3.05, 3.63) is 64.1 Å². The number of hydrogen-bond donors (Lipinski definition) is 1. The molecule has 0 saturated heterocycles. The van der Waals surface area contributed by atoms with Crippen molar-refractivity contribution in [3.8, 4) is 5.75 Å². The van der Waals surface area contributed by atoms with Gasteiger partial charge in [-0.3, -0.25) is 4.79 Å². The van der Waals surface area contributed by atoms with Gasteiger partial charge < -0.3 is 15.0 Å². The lowest BCUT2D eigenvalue weighted by Crippen LogP contribution is -2.35. The molecule has 2 aromatic rings. The highest BCUT2D eigenvalue weighted by Crippen LogP contribution is 2.26. The molecule has 0 fully saturated rings. The lowest BCUT2D eigenvalue weighted by Gasteiger charge is -2.23. The van der Waals surface area contributed by atoms with Crippen molar-refractivity contribution in [2.45, 2.75) is 6.04 Å². The number of ether oxygens (including phenoxy) is 1. The van der Waals surface area contributed by atoms with E-state index in [1.165, 1.54) is 0 Å². The molecule has 2 rings (SSSR count). The second-order valence-corrected chi connectivity index (χ2v) is 6.40. The van der Waals surface area contributed by atoms with Gasteiger partial charge in [0, 0.05) is 12.1 Å². The van der Waals surface area contributed by atoms with E-state index in [1.807, 2.05) is 44.4 Å². The Morgan fingerprint density at radius 2 is 1.91 bits per heavy atom. The Bertz CT molecular complexity index is 659. The maximum atomic E-state index is 12.6. The van der Waals surface area contributed by atoms with E-state index in [0.29, 0.717) is 11.3 Å². The summed E-state index contributed by atoms with van der Waals surface area (Å²) in [6, 6.07) is 15.2. The first-order valence-electron chi connectivity index (χ1n) is 7.35. The molecule has 1 amide bonds. The predicted molar refractivity (Wildman–Crippen MR) is 95.9 cm³/mol. The molecule has 1 N–H and O–H groups in total. The van der Waals surface area contributed by atoms with Crippen molar-refractivity contribution in [2.75, 3.05) is 27.7 Å². The summed E-state index contributed by atoms with van der Waals surface area (Å²) in [6.07, 6.45) is 0. The maximum absolute atomic E-state index is 12.6. The lowest BCUT2D eigenvalue weighted by atomic mass is 10.1. The van der Waals surface area contributed by atoms with Crippen molar-refractivity contribution in [1.82, 2.24) is 10.2 Å². The third-order valence-electron chi connectivity index (χ3n) is 3.47. The monoisotopic (exact) mass is 376 g/mol. The van der Waals surface area contributed by atoms with Crippen molar-refractivity contribution >= 4 is 21.8 Å². The van der Waals surface area contributed by atoms with Crippen LogP contribution in [-0.2, 0) is 0 Å². The van der Waals surface area contributed by atoms with Crippen molar-refractivity contribution in [3.63, 3.8) is 0 Å². The Morgan fingerprint density at radius 1 is 1.22 bits per heavy atom. The summed E-state index contributed by atoms with van der Waals surface area (Å²) in [6.45, 7) is 0.729. The molecule has 23 heavy (non-hydrogen) atoms. The number of carbonyl (C=O) groups is 1. The summed E-state index contributed by atoms with van der Waals surface area (Å²) < 4.78 is 5.96. The summed E-state index contributed by atoms with van der Waals surface area (Å²) in [5.74, 6) is 0.596. The number of nitrogens with zero attached hydrogens (tertiary/aromatic N) is 1. The first-order chi connectivity index (χ1) is 11.0. The van der Waals surface area contributed by atoms with Crippen LogP contribution >= 0.6 is 15.9 Å². The molecule has 0 radical (unpaired) electrons. The molecule has 0 unspecified atom stereocenters. The fraction of sp³-hybridized carbons (Fsp3) is 0.278. The minimum Gasteiger partial charge on any atom is -0.496 e. The van der Waals surface area contributed by atoms with Crippen LogP contribution in [-0.4, -0.2) is 38.6 Å². The van der Waals surface area contributed by atoms with E-state index in [2.05, 4.69) is 26.1 Å². The fourth-order valence-electron chi connectivity index (χ4n) is 2.33. The van der Waals surface area contributed by atoms with Crippen molar-refractivity contribution in [2.24, 2.45) is 0 Å². The number of likely N-dealkylation sites (N-methyl/N-ethyl adjacent to an activating group) is 1. The topological polar surface area (TPSA) is 41.6 Å². The Hall–Kier alpha value is -1.85. The standard InChI is InChI=1S/C18H21BrN2O2/c1-21(2)12-16(13-7-5-4-6-8-13)20-18(22)14-9-10-17(23-3)15(19)11-14/h4-11,16H,12H2,1-3H3,(H,20,22)/t16-/m0/s1. The molecule has 1 atom stereocenters. The van der Waals surface area contributed by atoms with Crippen LogP contribution in [0.15, 0.2) is 53.0 Å². The SMILES string of the molecule is COc1ccc(C(=O)N[C@@H](CN(C)C)c2ccccc2)cc1Br. The molecule has 0 aliphatic rings. The second-order valence-electron chi connectivity index (χ2n) is 5.55. The number of nitrogens with one attached hydrogen (secondary N) is 1. The first-order valence-corrected chi connectivity index (χ1v) is 8.14. The summed E-state index contributed by atoms with van der Waals surface area (Å²) >= 11 is 3.41. The van der Waals surface area contributed by atoms with Crippen LogP contribution in [0.2, 0.25) is 0 Å². The zero-order valence-electron chi connectivity index (χ0n) is 13.5. The number of hydrogen-bond acceptors (Lipinski definition) is 3. The van der Waals surface area contributed by atoms with Gasteiger partial charge in [0.25, 0.3) is 5.91 Å². The van der Waals surface area contributed by atoms with Crippen LogP contribution in [0.1, 0.15) is 22.0 Å². The van der Waals surface area contributed by atoms with E-state index in [9.17, 15) is 4.79 Å². The Labute approximate surface area is 145 Å². The molecule has 4 nitrogen and oxygen atoms in total. The van der Waals surface area contributed by atoms with Crippen molar-refractivity contribution < 1.29 is 9.53 Å². The highest BCUT2D eigenvalue weighted by molar-refractivity contribution is 9.10. The van der Waals surface area contributed by atoms with Gasteiger partial charge in [-0.1, -0.05) is 30.3 Å². The minimum atomic E-state index is -0.107. The molecular weight excluding hydrogens is 356 g/mol. The van der Waals surface area contributed by atoms with Crippen LogP contribution in [0.4, 0.5) is 0 Å². The van der Waals surface area contributed by atoms with Crippen molar-refractivity contribution in [1.29, 1.82) is 0 Å². The van der Waals surface area contributed by atoms with Crippen LogP contribution < -0.4 is 10.1 Å². The van der Waals surface area contributed by atoms with Gasteiger partial charge >= 0.3 is 0 Å². The third-order valence-corrected chi connectivity index (χ3v) is 4.09. The number of carbonyl (C=O) groups excluding carboxylic acids is 1. The largest absolute Gasteiger partial charge is 0.496 e. The quantitative estimate of drug-likeness (QED) is 0.838. The second kappa shape index (κ2) is 8.13. The Balaban J connectivity index is 2.19. The smallest absolute Gasteiger partial charge is 0.251 e. The lowest BCUT2D eigenvalue weighted by molar-refractivity contribution is 0.0930. The summed E-state index contributed by atoms with van der Waals surface area (Å²) in [5.41, 5.74) is 1.68. The molecular formula is C18H21BrN2O2. The molecule has 0 bridgehead atoms. The minimum absolute atomic E-state index is 0.0698. The van der Waals surface area contributed by atoms with Gasteiger partial charge in [0.1, 0.15) is 5.75 Å². The van der Waals surface area contributed by atoms with E-state index in [0.717, 1.165) is 16.6 Å². The predicted octanol–water partition coefficient (Wildman–Crippen LogP) is 3.49. The van der Waals surface area contributed by atoms with Crippen LogP contribution in [0.25, 0.3) is 0 Å².